The molecule has 6 nitrogen and oxygen atoms in total. The smallest absolute Gasteiger partial charge is 0.253 e. The number of methoxy groups -OCH3 is 1. The van der Waals surface area contributed by atoms with E-state index in [4.69, 9.17) is 4.74 Å². The number of hydrogen-bond donors (Lipinski definition) is 0. The highest BCUT2D eigenvalue weighted by Gasteiger charge is 2.26. The topological polar surface area (TPSA) is 60.8 Å². The number of pyridine rings is 1. The van der Waals surface area contributed by atoms with E-state index in [0.29, 0.717) is 11.3 Å². The lowest BCUT2D eigenvalue weighted by molar-refractivity contribution is 0.415. The number of hydrogen-bond acceptors (Lipinski definition) is 5. The molecule has 0 aliphatic carbocycles. The second-order valence-corrected chi connectivity index (χ2v) is 8.83. The van der Waals surface area contributed by atoms with Crippen molar-refractivity contribution in [3.05, 3.63) is 52.3 Å². The quantitative estimate of drug-likeness (QED) is 0.620. The van der Waals surface area contributed by atoms with Gasteiger partial charge < -0.3 is 23.7 Å². The van der Waals surface area contributed by atoms with E-state index >= 15 is 0 Å². The molecule has 0 saturated heterocycles. The number of likely N-dealkylation sites (N-methyl/N-ethyl adjacent to an activating group) is 1. The van der Waals surface area contributed by atoms with Crippen molar-refractivity contribution in [2.24, 2.45) is 7.05 Å². The molecule has 1 atom stereocenters. The van der Waals surface area contributed by atoms with Gasteiger partial charge in [0.2, 0.25) is 0 Å². The number of aryl methyl sites for hydroxylation is 2. The molecule has 2 heterocycles. The Hall–Kier alpha value is -2.64. The number of nitrogens with zero attached hydrogens (tertiary/aromatic N) is 3. The Bertz CT molecular complexity index is 1160. The summed E-state index contributed by atoms with van der Waals surface area (Å²) in [6.45, 7) is 3.46. The van der Waals surface area contributed by atoms with Crippen LogP contribution in [0.3, 0.4) is 0 Å². The molecule has 7 heteroatoms. The Labute approximate surface area is 173 Å². The van der Waals surface area contributed by atoms with E-state index in [2.05, 4.69) is 16.8 Å². The molecule has 4 rings (SSSR count). The van der Waals surface area contributed by atoms with Gasteiger partial charge in [0, 0.05) is 56.3 Å². The SMILES string of the molecule is COc1cc(N2CCN(C)c3ccc([S+](C)[O-])cc32)c2cc(C)c(=O)n(C)c2c1. The summed E-state index contributed by atoms with van der Waals surface area (Å²) in [5.74, 6) is 0.696. The zero-order chi connectivity index (χ0) is 20.9. The van der Waals surface area contributed by atoms with Crippen molar-refractivity contribution < 1.29 is 9.29 Å². The molecule has 0 saturated carbocycles. The molecule has 1 aromatic heterocycles. The number of anilines is 3. The molecule has 1 aliphatic rings. The highest BCUT2D eigenvalue weighted by atomic mass is 32.2. The van der Waals surface area contributed by atoms with Crippen LogP contribution in [0.25, 0.3) is 10.9 Å². The molecular formula is C22H25N3O3S. The second-order valence-electron chi connectivity index (χ2n) is 7.45. The number of fused-ring (bicyclic) bond motifs is 2. The van der Waals surface area contributed by atoms with E-state index in [-0.39, 0.29) is 5.56 Å². The second kappa shape index (κ2) is 7.31. The fourth-order valence-electron chi connectivity index (χ4n) is 3.98. The molecule has 1 aliphatic heterocycles. The van der Waals surface area contributed by atoms with E-state index in [9.17, 15) is 9.35 Å². The first kappa shape index (κ1) is 19.7. The summed E-state index contributed by atoms with van der Waals surface area (Å²) < 4.78 is 19.3. The Balaban J connectivity index is 2.02. The molecule has 0 N–H and O–H groups in total. The van der Waals surface area contributed by atoms with Crippen molar-refractivity contribution in [2.45, 2.75) is 11.8 Å². The minimum atomic E-state index is -1.07. The summed E-state index contributed by atoms with van der Waals surface area (Å²) in [5, 5.41) is 0.990. The largest absolute Gasteiger partial charge is 0.612 e. The normalized spacial score (nSPS) is 14.8. The van der Waals surface area contributed by atoms with Gasteiger partial charge in [-0.15, -0.1) is 0 Å². The third-order valence-electron chi connectivity index (χ3n) is 5.64. The zero-order valence-corrected chi connectivity index (χ0v) is 18.2. The van der Waals surface area contributed by atoms with Crippen LogP contribution in [0.2, 0.25) is 0 Å². The maximum Gasteiger partial charge on any atom is 0.253 e. The lowest BCUT2D eigenvalue weighted by Crippen LogP contribution is -2.36. The van der Waals surface area contributed by atoms with Crippen molar-refractivity contribution in [3.63, 3.8) is 0 Å². The molecule has 0 spiro atoms. The molecule has 0 radical (unpaired) electrons. The molecule has 3 aromatic rings. The van der Waals surface area contributed by atoms with Gasteiger partial charge in [0.25, 0.3) is 5.56 Å². The number of ether oxygens (including phenoxy) is 1. The average molecular weight is 412 g/mol. The first-order valence-electron chi connectivity index (χ1n) is 9.46. The van der Waals surface area contributed by atoms with E-state index in [1.165, 1.54) is 0 Å². The van der Waals surface area contributed by atoms with Crippen LogP contribution in [0.5, 0.6) is 5.75 Å². The number of benzene rings is 2. The summed E-state index contributed by atoms with van der Waals surface area (Å²) in [7, 11) is 5.49. The Morgan fingerprint density at radius 1 is 1.03 bits per heavy atom. The molecule has 1 unspecified atom stereocenters. The standard InChI is InChI=1S/C22H25N3O3S/c1-14-10-17-19(24(3)22(14)26)11-15(28-4)12-20(17)25-9-8-23(2)18-7-6-16(29(5)27)13-21(18)25/h6-7,10-13H,8-9H2,1-5H3. The summed E-state index contributed by atoms with van der Waals surface area (Å²) in [5.41, 5.74) is 4.58. The van der Waals surface area contributed by atoms with Gasteiger partial charge >= 0.3 is 0 Å². The van der Waals surface area contributed by atoms with Crippen LogP contribution in [-0.4, -0.2) is 42.6 Å². The van der Waals surface area contributed by atoms with Gasteiger partial charge in [-0.25, -0.2) is 0 Å². The van der Waals surface area contributed by atoms with Crippen molar-refractivity contribution >= 4 is 39.1 Å². The van der Waals surface area contributed by atoms with E-state index in [0.717, 1.165) is 46.0 Å². The minimum absolute atomic E-state index is 0.0147. The maximum atomic E-state index is 12.5. The fraction of sp³-hybridized carbons (Fsp3) is 0.318. The number of aromatic nitrogens is 1. The summed E-state index contributed by atoms with van der Waals surface area (Å²) in [4.78, 5) is 17.7. The molecule has 152 valence electrons. The predicted molar refractivity (Wildman–Crippen MR) is 120 cm³/mol. The lowest BCUT2D eigenvalue weighted by Gasteiger charge is -2.38. The van der Waals surface area contributed by atoms with Crippen molar-refractivity contribution in [1.29, 1.82) is 0 Å². The van der Waals surface area contributed by atoms with Crippen LogP contribution in [0.4, 0.5) is 17.1 Å². The molecular weight excluding hydrogens is 386 g/mol. The Morgan fingerprint density at radius 3 is 2.48 bits per heavy atom. The summed E-state index contributed by atoms with van der Waals surface area (Å²) in [6.07, 6.45) is 1.69. The average Bonchev–Trinajstić information content (AvgIpc) is 2.72. The zero-order valence-electron chi connectivity index (χ0n) is 17.4. The predicted octanol–water partition coefficient (Wildman–Crippen LogP) is 3.18. The molecule has 0 amide bonds. The van der Waals surface area contributed by atoms with Crippen LogP contribution in [0, 0.1) is 6.92 Å². The van der Waals surface area contributed by atoms with E-state index < -0.39 is 11.2 Å². The van der Waals surface area contributed by atoms with E-state index in [1.807, 2.05) is 43.3 Å². The van der Waals surface area contributed by atoms with Gasteiger partial charge in [-0.05, 0) is 36.3 Å². The molecule has 2 aromatic carbocycles. The molecule has 0 fully saturated rings. The summed E-state index contributed by atoms with van der Waals surface area (Å²) in [6, 6.07) is 11.8. The Morgan fingerprint density at radius 2 is 1.79 bits per heavy atom. The van der Waals surface area contributed by atoms with Crippen molar-refractivity contribution in [3.8, 4) is 5.75 Å². The first-order valence-corrected chi connectivity index (χ1v) is 11.0. The highest BCUT2D eigenvalue weighted by Crippen LogP contribution is 2.42. The van der Waals surface area contributed by atoms with Crippen molar-refractivity contribution in [1.82, 2.24) is 4.57 Å². The van der Waals surface area contributed by atoms with Crippen LogP contribution in [0.1, 0.15) is 5.56 Å². The van der Waals surface area contributed by atoms with Gasteiger partial charge in [-0.3, -0.25) is 4.79 Å². The molecule has 29 heavy (non-hydrogen) atoms. The third kappa shape index (κ3) is 3.24. The van der Waals surface area contributed by atoms with Crippen LogP contribution in [0.15, 0.2) is 46.1 Å². The van der Waals surface area contributed by atoms with E-state index in [1.54, 1.807) is 25.0 Å². The molecule has 0 bridgehead atoms. The minimum Gasteiger partial charge on any atom is -0.612 e. The van der Waals surface area contributed by atoms with Crippen LogP contribution < -0.4 is 20.1 Å². The highest BCUT2D eigenvalue weighted by molar-refractivity contribution is 7.90. The van der Waals surface area contributed by atoms with Gasteiger partial charge in [0.15, 0.2) is 4.90 Å². The third-order valence-corrected chi connectivity index (χ3v) is 6.56. The van der Waals surface area contributed by atoms with Gasteiger partial charge in [0.1, 0.15) is 12.0 Å². The number of rotatable bonds is 3. The van der Waals surface area contributed by atoms with Gasteiger partial charge in [-0.2, -0.15) is 0 Å². The van der Waals surface area contributed by atoms with Crippen molar-refractivity contribution in [2.75, 3.05) is 43.3 Å². The fourth-order valence-corrected chi connectivity index (χ4v) is 4.52. The summed E-state index contributed by atoms with van der Waals surface area (Å²) >= 11 is -1.07. The lowest BCUT2D eigenvalue weighted by atomic mass is 10.1. The van der Waals surface area contributed by atoms with Crippen LogP contribution in [-0.2, 0) is 18.2 Å². The Kier molecular flexibility index (Phi) is 4.96. The first-order chi connectivity index (χ1) is 13.8. The maximum absolute atomic E-state index is 12.5. The van der Waals surface area contributed by atoms with Gasteiger partial charge in [-0.1, -0.05) is 0 Å². The van der Waals surface area contributed by atoms with Gasteiger partial charge in [0.05, 0.1) is 29.7 Å². The monoisotopic (exact) mass is 411 g/mol. The van der Waals surface area contributed by atoms with Crippen LogP contribution >= 0.6 is 0 Å².